The van der Waals surface area contributed by atoms with Gasteiger partial charge >= 0.3 is 18.9 Å². The summed E-state index contributed by atoms with van der Waals surface area (Å²) in [6.07, 6.45) is 2.64. The van der Waals surface area contributed by atoms with Gasteiger partial charge in [-0.2, -0.15) is 0 Å². The van der Waals surface area contributed by atoms with Gasteiger partial charge in [-0.1, -0.05) is 6.08 Å². The number of hydrogen-bond donors (Lipinski definition) is 0. The van der Waals surface area contributed by atoms with Gasteiger partial charge in [-0.3, -0.25) is 0 Å². The second-order valence-corrected chi connectivity index (χ2v) is 2.24. The standard InChI is InChI=1S/C6H11NO.Li/c1-5-3-4-6(8)7(5)2;/h4-5,8H,3H2,1-2H3;/q;+1/p-1/t5-;/m0./s1. The molecule has 1 rings (SSSR count). The first kappa shape index (κ1) is 8.94. The first-order valence-electron chi connectivity index (χ1n) is 2.82. The number of rotatable bonds is 0. The fourth-order valence-electron chi connectivity index (χ4n) is 0.791. The van der Waals surface area contributed by atoms with Crippen LogP contribution in [0.25, 0.3) is 0 Å². The van der Waals surface area contributed by atoms with E-state index in [1.54, 1.807) is 11.0 Å². The molecule has 3 heteroatoms. The van der Waals surface area contributed by atoms with Gasteiger partial charge in [0.1, 0.15) is 0 Å². The van der Waals surface area contributed by atoms with Crippen LogP contribution in [0.1, 0.15) is 13.3 Å². The molecule has 0 saturated carbocycles. The Hall–Kier alpha value is -0.0626. The molecule has 2 nitrogen and oxygen atoms in total. The van der Waals surface area contributed by atoms with Gasteiger partial charge in [0, 0.05) is 13.1 Å². The molecule has 0 fully saturated rings. The average molecular weight is 119 g/mol. The third kappa shape index (κ3) is 1.67. The first-order valence-corrected chi connectivity index (χ1v) is 2.82. The molecular weight excluding hydrogens is 109 g/mol. The van der Waals surface area contributed by atoms with Crippen molar-refractivity contribution in [1.82, 2.24) is 4.90 Å². The Morgan fingerprint density at radius 1 is 1.78 bits per heavy atom. The molecule has 46 valence electrons. The molecule has 0 saturated heterocycles. The van der Waals surface area contributed by atoms with Crippen LogP contribution in [0.2, 0.25) is 0 Å². The monoisotopic (exact) mass is 119 g/mol. The van der Waals surface area contributed by atoms with Gasteiger partial charge in [-0.05, 0) is 19.2 Å². The maximum absolute atomic E-state index is 10.7. The maximum Gasteiger partial charge on any atom is 1.00 e. The van der Waals surface area contributed by atoms with E-state index in [0.717, 1.165) is 6.42 Å². The fraction of sp³-hybridized carbons (Fsp3) is 0.667. The number of hydrogen-bond acceptors (Lipinski definition) is 2. The zero-order valence-electron chi connectivity index (χ0n) is 6.22. The van der Waals surface area contributed by atoms with Crippen molar-refractivity contribution < 1.29 is 24.0 Å². The maximum atomic E-state index is 10.7. The summed E-state index contributed by atoms with van der Waals surface area (Å²) in [5.74, 6) is 0.164. The SMILES string of the molecule is C[C@H]1CC=C([O-])N1C.[Li+]. The van der Waals surface area contributed by atoms with Crippen molar-refractivity contribution in [3.63, 3.8) is 0 Å². The molecule has 0 spiro atoms. The van der Waals surface area contributed by atoms with Crippen molar-refractivity contribution >= 4 is 0 Å². The topological polar surface area (TPSA) is 26.3 Å². The Labute approximate surface area is 67.7 Å². The quantitative estimate of drug-likeness (QED) is 0.316. The van der Waals surface area contributed by atoms with Gasteiger partial charge in [0.25, 0.3) is 0 Å². The molecule has 0 aliphatic carbocycles. The third-order valence-electron chi connectivity index (χ3n) is 1.64. The van der Waals surface area contributed by atoms with E-state index in [1.807, 2.05) is 14.0 Å². The minimum absolute atomic E-state index is 0. The van der Waals surface area contributed by atoms with E-state index in [1.165, 1.54) is 0 Å². The van der Waals surface area contributed by atoms with Gasteiger partial charge in [0.05, 0.1) is 0 Å². The van der Waals surface area contributed by atoms with Crippen molar-refractivity contribution in [2.75, 3.05) is 7.05 Å². The minimum Gasteiger partial charge on any atom is -0.861 e. The number of nitrogens with zero attached hydrogens (tertiary/aromatic N) is 1. The molecule has 0 amide bonds. The van der Waals surface area contributed by atoms with E-state index < -0.39 is 0 Å². The van der Waals surface area contributed by atoms with Gasteiger partial charge in [-0.15, -0.1) is 0 Å². The molecule has 0 unspecified atom stereocenters. The summed E-state index contributed by atoms with van der Waals surface area (Å²) in [5.41, 5.74) is 0. The Balaban J connectivity index is 0.000000640. The van der Waals surface area contributed by atoms with Crippen molar-refractivity contribution in [2.45, 2.75) is 19.4 Å². The molecule has 0 radical (unpaired) electrons. The van der Waals surface area contributed by atoms with E-state index in [-0.39, 0.29) is 24.7 Å². The zero-order valence-corrected chi connectivity index (χ0v) is 6.22. The molecule has 1 aliphatic heterocycles. The molecule has 1 heterocycles. The van der Waals surface area contributed by atoms with Crippen LogP contribution in [-0.2, 0) is 0 Å². The van der Waals surface area contributed by atoms with Crippen LogP contribution in [0.3, 0.4) is 0 Å². The van der Waals surface area contributed by atoms with Crippen LogP contribution in [0.15, 0.2) is 12.0 Å². The molecule has 1 aliphatic rings. The largest absolute Gasteiger partial charge is 1.00 e. The molecule has 0 N–H and O–H groups in total. The molecule has 1 atom stereocenters. The van der Waals surface area contributed by atoms with E-state index in [2.05, 4.69) is 0 Å². The van der Waals surface area contributed by atoms with Gasteiger partial charge in [-0.25, -0.2) is 0 Å². The fourth-order valence-corrected chi connectivity index (χ4v) is 0.791. The molecule has 9 heavy (non-hydrogen) atoms. The summed E-state index contributed by atoms with van der Waals surface area (Å²) in [5, 5.41) is 10.7. The van der Waals surface area contributed by atoms with Gasteiger partial charge < -0.3 is 10.0 Å². The van der Waals surface area contributed by atoms with Crippen LogP contribution in [0, 0.1) is 0 Å². The molecule has 0 aromatic rings. The summed E-state index contributed by atoms with van der Waals surface area (Å²) >= 11 is 0. The van der Waals surface area contributed by atoms with E-state index >= 15 is 0 Å². The molecule has 0 aromatic heterocycles. The Bertz CT molecular complexity index is 124. The summed E-state index contributed by atoms with van der Waals surface area (Å²) in [6, 6.07) is 0.419. The van der Waals surface area contributed by atoms with Crippen molar-refractivity contribution in [2.24, 2.45) is 0 Å². The van der Waals surface area contributed by atoms with Crippen LogP contribution >= 0.6 is 0 Å². The molecule has 0 bridgehead atoms. The Morgan fingerprint density at radius 2 is 2.33 bits per heavy atom. The van der Waals surface area contributed by atoms with Crippen LogP contribution in [0.5, 0.6) is 0 Å². The van der Waals surface area contributed by atoms with Crippen LogP contribution in [-0.4, -0.2) is 18.0 Å². The zero-order chi connectivity index (χ0) is 6.15. The average Bonchev–Trinajstić information content (AvgIpc) is 1.98. The van der Waals surface area contributed by atoms with E-state index in [0.29, 0.717) is 6.04 Å². The predicted molar refractivity (Wildman–Crippen MR) is 29.9 cm³/mol. The summed E-state index contributed by atoms with van der Waals surface area (Å²) < 4.78 is 0. The van der Waals surface area contributed by atoms with E-state index in [4.69, 9.17) is 0 Å². The van der Waals surface area contributed by atoms with Crippen LogP contribution in [0.4, 0.5) is 0 Å². The van der Waals surface area contributed by atoms with Gasteiger partial charge in [0.15, 0.2) is 0 Å². The normalized spacial score (nSPS) is 25.3. The first-order chi connectivity index (χ1) is 3.72. The van der Waals surface area contributed by atoms with E-state index in [9.17, 15) is 5.11 Å². The van der Waals surface area contributed by atoms with Crippen molar-refractivity contribution in [1.29, 1.82) is 0 Å². The van der Waals surface area contributed by atoms with Crippen LogP contribution < -0.4 is 24.0 Å². The Kier molecular flexibility index (Phi) is 3.17. The second kappa shape index (κ2) is 3.19. The molecular formula is C6H10LiNO. The third-order valence-corrected chi connectivity index (χ3v) is 1.64. The predicted octanol–water partition coefficient (Wildman–Crippen LogP) is -3.08. The van der Waals surface area contributed by atoms with Gasteiger partial charge in [0.2, 0.25) is 0 Å². The summed E-state index contributed by atoms with van der Waals surface area (Å²) in [7, 11) is 1.83. The molecule has 0 aromatic carbocycles. The summed E-state index contributed by atoms with van der Waals surface area (Å²) in [4.78, 5) is 1.75. The second-order valence-electron chi connectivity index (χ2n) is 2.24. The van der Waals surface area contributed by atoms with Crippen molar-refractivity contribution in [3.8, 4) is 0 Å². The summed E-state index contributed by atoms with van der Waals surface area (Å²) in [6.45, 7) is 2.04. The smallest absolute Gasteiger partial charge is 0.861 e. The Morgan fingerprint density at radius 3 is 2.44 bits per heavy atom. The minimum atomic E-state index is 0. The van der Waals surface area contributed by atoms with Crippen molar-refractivity contribution in [3.05, 3.63) is 12.0 Å².